The molecule has 2 nitrogen and oxygen atoms in total. The van der Waals surface area contributed by atoms with E-state index in [0.29, 0.717) is 18.7 Å². The number of nitrogens with one attached hydrogen (secondary N) is 1. The quantitative estimate of drug-likeness (QED) is 0.326. The van der Waals surface area contributed by atoms with Crippen LogP contribution >= 0.6 is 9.24 Å². The molecular weight excluding hydrogens is 109 g/mol. The van der Waals surface area contributed by atoms with Crippen molar-refractivity contribution in [2.75, 3.05) is 12.8 Å². The zero-order chi connectivity index (χ0) is 5.70. The second-order valence-electron chi connectivity index (χ2n) is 1.06. The highest BCUT2D eigenvalue weighted by atomic mass is 31.0. The standard InChI is InChI=1S/C4H10NOP/c1-2-6-4(5)3-7/h5H,2-3,7H2,1H3. The minimum atomic E-state index is 0.340. The molecule has 0 aliphatic carbocycles. The normalized spacial score (nSPS) is 8.29. The fourth-order valence-corrected chi connectivity index (χ4v) is 0.351. The van der Waals surface area contributed by atoms with Gasteiger partial charge >= 0.3 is 0 Å². The van der Waals surface area contributed by atoms with Gasteiger partial charge in [0.25, 0.3) is 0 Å². The summed E-state index contributed by atoms with van der Waals surface area (Å²) >= 11 is 0. The van der Waals surface area contributed by atoms with Crippen LogP contribution in [0.25, 0.3) is 0 Å². The van der Waals surface area contributed by atoms with Crippen molar-refractivity contribution < 1.29 is 4.74 Å². The van der Waals surface area contributed by atoms with Gasteiger partial charge in [0.2, 0.25) is 0 Å². The van der Waals surface area contributed by atoms with E-state index < -0.39 is 0 Å². The van der Waals surface area contributed by atoms with Crippen LogP contribution in [0.3, 0.4) is 0 Å². The van der Waals surface area contributed by atoms with Gasteiger partial charge in [0.1, 0.15) is 0 Å². The molecule has 0 spiro atoms. The van der Waals surface area contributed by atoms with Crippen LogP contribution in [0.15, 0.2) is 0 Å². The Morgan fingerprint density at radius 1 is 1.86 bits per heavy atom. The van der Waals surface area contributed by atoms with Crippen LogP contribution in [0.4, 0.5) is 0 Å². The monoisotopic (exact) mass is 119 g/mol. The van der Waals surface area contributed by atoms with E-state index in [1.807, 2.05) is 6.92 Å². The lowest BCUT2D eigenvalue weighted by Gasteiger charge is -1.97. The minimum Gasteiger partial charge on any atom is -0.481 e. The topological polar surface area (TPSA) is 33.1 Å². The predicted octanol–water partition coefficient (Wildman–Crippen LogP) is 0.875. The Kier molecular flexibility index (Phi) is 4.01. The molecule has 0 rings (SSSR count). The number of hydrogen-bond acceptors (Lipinski definition) is 2. The van der Waals surface area contributed by atoms with Gasteiger partial charge < -0.3 is 4.74 Å². The summed E-state index contributed by atoms with van der Waals surface area (Å²) in [6.07, 6.45) is 0.619. The zero-order valence-corrected chi connectivity index (χ0v) is 5.55. The van der Waals surface area contributed by atoms with E-state index in [4.69, 9.17) is 10.1 Å². The van der Waals surface area contributed by atoms with Crippen molar-refractivity contribution in [2.24, 2.45) is 0 Å². The lowest BCUT2D eigenvalue weighted by atomic mass is 10.7. The van der Waals surface area contributed by atoms with E-state index in [-0.39, 0.29) is 0 Å². The first-order valence-electron chi connectivity index (χ1n) is 2.21. The number of rotatable bonds is 2. The Morgan fingerprint density at radius 2 is 2.43 bits per heavy atom. The fourth-order valence-electron chi connectivity index (χ4n) is 0.233. The summed E-state index contributed by atoms with van der Waals surface area (Å²) in [6, 6.07) is 0. The smallest absolute Gasteiger partial charge is 0.184 e. The van der Waals surface area contributed by atoms with Gasteiger partial charge in [-0.05, 0) is 6.92 Å². The van der Waals surface area contributed by atoms with Crippen molar-refractivity contribution in [3.05, 3.63) is 0 Å². The molecule has 0 aliphatic heterocycles. The van der Waals surface area contributed by atoms with E-state index in [2.05, 4.69) is 9.24 Å². The van der Waals surface area contributed by atoms with Gasteiger partial charge in [0, 0.05) is 6.16 Å². The predicted molar refractivity (Wildman–Crippen MR) is 33.9 cm³/mol. The van der Waals surface area contributed by atoms with Crippen LogP contribution in [0.2, 0.25) is 0 Å². The molecule has 7 heavy (non-hydrogen) atoms. The molecule has 0 aromatic rings. The van der Waals surface area contributed by atoms with Crippen LogP contribution in [-0.4, -0.2) is 18.7 Å². The third-order valence-corrected chi connectivity index (χ3v) is 0.875. The highest BCUT2D eigenvalue weighted by Gasteiger charge is 1.85. The summed E-state index contributed by atoms with van der Waals surface area (Å²) in [5.74, 6) is 0.340. The van der Waals surface area contributed by atoms with Crippen LogP contribution < -0.4 is 0 Å². The highest BCUT2D eigenvalue weighted by molar-refractivity contribution is 7.18. The van der Waals surface area contributed by atoms with Crippen LogP contribution in [0, 0.1) is 5.41 Å². The van der Waals surface area contributed by atoms with Gasteiger partial charge in [-0.15, -0.1) is 9.24 Å². The first-order valence-corrected chi connectivity index (χ1v) is 3.03. The highest BCUT2D eigenvalue weighted by Crippen LogP contribution is 1.84. The molecule has 0 aromatic heterocycles. The molecule has 0 heterocycles. The zero-order valence-electron chi connectivity index (χ0n) is 4.40. The lowest BCUT2D eigenvalue weighted by molar-refractivity contribution is 0.322. The van der Waals surface area contributed by atoms with Crippen molar-refractivity contribution in [3.63, 3.8) is 0 Å². The van der Waals surface area contributed by atoms with Crippen molar-refractivity contribution in [1.82, 2.24) is 0 Å². The van der Waals surface area contributed by atoms with Gasteiger partial charge in [-0.3, -0.25) is 5.41 Å². The van der Waals surface area contributed by atoms with Crippen molar-refractivity contribution >= 4 is 15.1 Å². The summed E-state index contributed by atoms with van der Waals surface area (Å²) < 4.78 is 4.75. The second-order valence-corrected chi connectivity index (χ2v) is 1.47. The molecule has 0 amide bonds. The molecular formula is C4H10NOP. The van der Waals surface area contributed by atoms with Crippen molar-refractivity contribution in [2.45, 2.75) is 6.92 Å². The van der Waals surface area contributed by atoms with Gasteiger partial charge in [-0.2, -0.15) is 0 Å². The third kappa shape index (κ3) is 3.74. The molecule has 0 aromatic carbocycles. The summed E-state index contributed by atoms with van der Waals surface area (Å²) in [6.45, 7) is 2.47. The van der Waals surface area contributed by atoms with E-state index >= 15 is 0 Å². The molecule has 1 unspecified atom stereocenters. The number of ether oxygens (including phenoxy) is 1. The maximum absolute atomic E-state index is 6.89. The molecule has 0 saturated heterocycles. The summed E-state index contributed by atoms with van der Waals surface area (Å²) in [5, 5.41) is 6.89. The first kappa shape index (κ1) is 6.90. The molecule has 0 aliphatic rings. The summed E-state index contributed by atoms with van der Waals surface area (Å²) in [7, 11) is 2.42. The Balaban J connectivity index is 3.00. The van der Waals surface area contributed by atoms with Gasteiger partial charge in [-0.25, -0.2) is 0 Å². The second kappa shape index (κ2) is 4.07. The van der Waals surface area contributed by atoms with Gasteiger partial charge in [0.05, 0.1) is 6.61 Å². The van der Waals surface area contributed by atoms with Crippen LogP contribution in [0.1, 0.15) is 6.92 Å². The third-order valence-electron chi connectivity index (χ3n) is 0.504. The lowest BCUT2D eigenvalue weighted by Crippen LogP contribution is -2.02. The number of hydrogen-bond donors (Lipinski definition) is 1. The molecule has 1 N–H and O–H groups in total. The molecule has 3 heteroatoms. The van der Waals surface area contributed by atoms with E-state index in [1.165, 1.54) is 0 Å². The summed E-state index contributed by atoms with van der Waals surface area (Å²) in [5.41, 5.74) is 0. The van der Waals surface area contributed by atoms with E-state index in [0.717, 1.165) is 0 Å². The van der Waals surface area contributed by atoms with Crippen LogP contribution in [-0.2, 0) is 4.74 Å². The maximum atomic E-state index is 6.89. The molecule has 0 radical (unpaired) electrons. The average Bonchev–Trinajstić information content (AvgIpc) is 1.68. The van der Waals surface area contributed by atoms with Gasteiger partial charge in [0.15, 0.2) is 5.90 Å². The van der Waals surface area contributed by atoms with E-state index in [1.54, 1.807) is 0 Å². The van der Waals surface area contributed by atoms with E-state index in [9.17, 15) is 0 Å². The molecule has 42 valence electrons. The molecule has 0 bridgehead atoms. The molecule has 0 fully saturated rings. The SMILES string of the molecule is CCOC(=N)CP. The average molecular weight is 119 g/mol. The van der Waals surface area contributed by atoms with Crippen molar-refractivity contribution in [3.8, 4) is 0 Å². The Labute approximate surface area is 46.0 Å². The Hall–Kier alpha value is -0.100. The first-order chi connectivity index (χ1) is 3.31. The molecule has 0 saturated carbocycles. The minimum absolute atomic E-state index is 0.340. The molecule has 1 atom stereocenters. The van der Waals surface area contributed by atoms with Crippen LogP contribution in [0.5, 0.6) is 0 Å². The largest absolute Gasteiger partial charge is 0.481 e. The Bertz CT molecular complexity index is 64.7. The maximum Gasteiger partial charge on any atom is 0.184 e. The summed E-state index contributed by atoms with van der Waals surface area (Å²) in [4.78, 5) is 0. The fraction of sp³-hybridized carbons (Fsp3) is 0.750. The van der Waals surface area contributed by atoms with Crippen molar-refractivity contribution in [1.29, 1.82) is 5.41 Å². The van der Waals surface area contributed by atoms with Gasteiger partial charge in [-0.1, -0.05) is 0 Å². The Morgan fingerprint density at radius 3 is 2.57 bits per heavy atom.